The van der Waals surface area contributed by atoms with Crippen molar-refractivity contribution in [3.63, 3.8) is 0 Å². The molecule has 0 saturated carbocycles. The predicted octanol–water partition coefficient (Wildman–Crippen LogP) is 4.50. The second-order valence-corrected chi connectivity index (χ2v) is 8.23. The molecule has 25 heavy (non-hydrogen) atoms. The van der Waals surface area contributed by atoms with Crippen LogP contribution in [-0.4, -0.2) is 53.7 Å². The molecule has 1 fully saturated rings. The van der Waals surface area contributed by atoms with Gasteiger partial charge in [-0.1, -0.05) is 11.6 Å². The fraction of sp³-hybridized carbons (Fsp3) is 0.529. The Balaban J connectivity index is 1.91. The molecule has 1 aromatic rings. The minimum atomic E-state index is -0.524. The molecule has 6 nitrogen and oxygen atoms in total. The Morgan fingerprint density at radius 1 is 1.16 bits per heavy atom. The molecule has 138 valence electrons. The summed E-state index contributed by atoms with van der Waals surface area (Å²) < 4.78 is 6.15. The van der Waals surface area contributed by atoms with Gasteiger partial charge in [0.1, 0.15) is 5.60 Å². The maximum atomic E-state index is 12.4. The van der Waals surface area contributed by atoms with Crippen molar-refractivity contribution >= 4 is 45.3 Å². The number of nitrogens with one attached hydrogen (secondary N) is 1. The lowest BCUT2D eigenvalue weighted by Gasteiger charge is -2.35. The first-order valence-electron chi connectivity index (χ1n) is 8.06. The Morgan fingerprint density at radius 2 is 1.72 bits per heavy atom. The average Bonchev–Trinajstić information content (AvgIpc) is 2.51. The molecule has 0 atom stereocenters. The van der Waals surface area contributed by atoms with Gasteiger partial charge in [0, 0.05) is 36.3 Å². The minimum absolute atomic E-state index is 0.203. The number of benzene rings is 1. The second kappa shape index (κ2) is 7.83. The normalized spacial score (nSPS) is 15.1. The summed E-state index contributed by atoms with van der Waals surface area (Å²) in [5, 5.41) is 3.41. The number of urea groups is 1. The highest BCUT2D eigenvalue weighted by atomic mass is 79.9. The molecule has 3 amide bonds. The smallest absolute Gasteiger partial charge is 0.410 e. The summed E-state index contributed by atoms with van der Waals surface area (Å²) in [5.41, 5.74) is 1.06. The number of piperazine rings is 1. The quantitative estimate of drug-likeness (QED) is 0.711. The van der Waals surface area contributed by atoms with Crippen LogP contribution in [0.4, 0.5) is 15.3 Å². The molecule has 1 aromatic carbocycles. The first-order valence-corrected chi connectivity index (χ1v) is 9.23. The lowest BCUT2D eigenvalue weighted by molar-refractivity contribution is 0.0174. The van der Waals surface area contributed by atoms with E-state index in [1.54, 1.807) is 15.9 Å². The minimum Gasteiger partial charge on any atom is -0.444 e. The van der Waals surface area contributed by atoms with E-state index in [-0.39, 0.29) is 12.1 Å². The lowest BCUT2D eigenvalue weighted by Crippen LogP contribution is -2.52. The Labute approximate surface area is 161 Å². The third kappa shape index (κ3) is 5.51. The molecule has 0 radical (unpaired) electrons. The number of hydrogen-bond acceptors (Lipinski definition) is 3. The van der Waals surface area contributed by atoms with Crippen LogP contribution in [-0.2, 0) is 4.74 Å². The number of anilines is 1. The fourth-order valence-electron chi connectivity index (χ4n) is 2.39. The van der Waals surface area contributed by atoms with Gasteiger partial charge in [-0.15, -0.1) is 0 Å². The zero-order valence-corrected chi connectivity index (χ0v) is 17.2. The zero-order valence-electron chi connectivity index (χ0n) is 14.9. The van der Waals surface area contributed by atoms with Crippen LogP contribution in [0.1, 0.15) is 26.3 Å². The van der Waals surface area contributed by atoms with Gasteiger partial charge in [0.2, 0.25) is 0 Å². The number of aryl methyl sites for hydroxylation is 1. The van der Waals surface area contributed by atoms with Crippen LogP contribution in [0.3, 0.4) is 0 Å². The average molecular weight is 433 g/mol. The molecule has 0 unspecified atom stereocenters. The van der Waals surface area contributed by atoms with E-state index >= 15 is 0 Å². The van der Waals surface area contributed by atoms with Gasteiger partial charge in [0.05, 0.1) is 5.02 Å². The van der Waals surface area contributed by atoms with Gasteiger partial charge in [-0.25, -0.2) is 9.59 Å². The van der Waals surface area contributed by atoms with Crippen molar-refractivity contribution in [2.24, 2.45) is 0 Å². The second-order valence-electron chi connectivity index (χ2n) is 6.97. The van der Waals surface area contributed by atoms with Gasteiger partial charge in [-0.05, 0) is 61.3 Å². The Kier molecular flexibility index (Phi) is 6.21. The summed E-state index contributed by atoms with van der Waals surface area (Å²) in [6.07, 6.45) is -0.344. The van der Waals surface area contributed by atoms with Crippen LogP contribution in [0.2, 0.25) is 5.02 Å². The van der Waals surface area contributed by atoms with Crippen molar-refractivity contribution in [2.45, 2.75) is 33.3 Å². The SMILES string of the molecule is Cc1cc(Br)c(Cl)cc1NC(=O)N1CCN(C(=O)OC(C)(C)C)CC1. The van der Waals surface area contributed by atoms with E-state index < -0.39 is 5.60 Å². The summed E-state index contributed by atoms with van der Waals surface area (Å²) in [6.45, 7) is 9.20. The third-order valence-corrected chi connectivity index (χ3v) is 4.92. The highest BCUT2D eigenvalue weighted by Gasteiger charge is 2.27. The van der Waals surface area contributed by atoms with Crippen LogP contribution in [0, 0.1) is 6.92 Å². The van der Waals surface area contributed by atoms with Gasteiger partial charge >= 0.3 is 12.1 Å². The van der Waals surface area contributed by atoms with E-state index in [1.807, 2.05) is 33.8 Å². The first kappa shape index (κ1) is 19.8. The summed E-state index contributed by atoms with van der Waals surface area (Å²) in [7, 11) is 0. The molecule has 8 heteroatoms. The zero-order chi connectivity index (χ0) is 18.8. The Hall–Kier alpha value is -1.47. The number of amides is 3. The number of nitrogens with zero attached hydrogens (tertiary/aromatic N) is 2. The van der Waals surface area contributed by atoms with E-state index in [0.29, 0.717) is 36.9 Å². The molecule has 1 aliphatic rings. The highest BCUT2D eigenvalue weighted by molar-refractivity contribution is 9.10. The highest BCUT2D eigenvalue weighted by Crippen LogP contribution is 2.29. The van der Waals surface area contributed by atoms with E-state index in [0.717, 1.165) is 10.0 Å². The summed E-state index contributed by atoms with van der Waals surface area (Å²) >= 11 is 9.45. The lowest BCUT2D eigenvalue weighted by atomic mass is 10.2. The molecule has 1 aliphatic heterocycles. The maximum Gasteiger partial charge on any atom is 0.410 e. The molecule has 1 heterocycles. The monoisotopic (exact) mass is 431 g/mol. The van der Waals surface area contributed by atoms with Crippen LogP contribution in [0.25, 0.3) is 0 Å². The summed E-state index contributed by atoms with van der Waals surface area (Å²) in [5.74, 6) is 0. The Morgan fingerprint density at radius 3 is 2.28 bits per heavy atom. The number of ether oxygens (including phenoxy) is 1. The van der Waals surface area contributed by atoms with Crippen molar-refractivity contribution in [3.8, 4) is 0 Å². The fourth-order valence-corrected chi connectivity index (χ4v) is 3.02. The number of carbonyl (C=O) groups excluding carboxylic acids is 2. The Bertz CT molecular complexity index is 668. The van der Waals surface area contributed by atoms with Crippen molar-refractivity contribution < 1.29 is 14.3 Å². The van der Waals surface area contributed by atoms with E-state index in [4.69, 9.17) is 16.3 Å². The molecular weight excluding hydrogens is 410 g/mol. The largest absolute Gasteiger partial charge is 0.444 e. The molecule has 0 aromatic heterocycles. The van der Waals surface area contributed by atoms with E-state index in [1.165, 1.54) is 0 Å². The standard InChI is InChI=1S/C17H23BrClN3O3/c1-11-9-12(18)13(19)10-14(11)20-15(23)21-5-7-22(8-6-21)16(24)25-17(2,3)4/h9-10H,5-8H2,1-4H3,(H,20,23). The predicted molar refractivity (Wildman–Crippen MR) is 102 cm³/mol. The van der Waals surface area contributed by atoms with Gasteiger partial charge in [-0.3, -0.25) is 0 Å². The number of hydrogen-bond donors (Lipinski definition) is 1. The molecule has 2 rings (SSSR count). The molecule has 0 bridgehead atoms. The van der Waals surface area contributed by atoms with Gasteiger partial charge < -0.3 is 19.9 Å². The van der Waals surface area contributed by atoms with Crippen LogP contribution < -0.4 is 5.32 Å². The molecule has 0 aliphatic carbocycles. The molecular formula is C17H23BrClN3O3. The van der Waals surface area contributed by atoms with Crippen molar-refractivity contribution in [1.29, 1.82) is 0 Å². The number of carbonyl (C=O) groups is 2. The van der Waals surface area contributed by atoms with Gasteiger partial charge in [0.25, 0.3) is 0 Å². The van der Waals surface area contributed by atoms with Crippen molar-refractivity contribution in [1.82, 2.24) is 9.80 Å². The van der Waals surface area contributed by atoms with Crippen LogP contribution >= 0.6 is 27.5 Å². The van der Waals surface area contributed by atoms with Gasteiger partial charge in [-0.2, -0.15) is 0 Å². The topological polar surface area (TPSA) is 61.9 Å². The van der Waals surface area contributed by atoms with E-state index in [2.05, 4.69) is 21.2 Å². The number of rotatable bonds is 1. The maximum absolute atomic E-state index is 12.4. The van der Waals surface area contributed by atoms with Crippen molar-refractivity contribution in [2.75, 3.05) is 31.5 Å². The van der Waals surface area contributed by atoms with Gasteiger partial charge in [0.15, 0.2) is 0 Å². The van der Waals surface area contributed by atoms with Crippen LogP contribution in [0.5, 0.6) is 0 Å². The molecule has 0 spiro atoms. The van der Waals surface area contributed by atoms with Crippen LogP contribution in [0.15, 0.2) is 16.6 Å². The summed E-state index contributed by atoms with van der Waals surface area (Å²) in [6, 6.07) is 3.37. The first-order chi connectivity index (χ1) is 11.6. The molecule has 1 N–H and O–H groups in total. The number of halogens is 2. The van der Waals surface area contributed by atoms with E-state index in [9.17, 15) is 9.59 Å². The summed E-state index contributed by atoms with van der Waals surface area (Å²) in [4.78, 5) is 27.8. The third-order valence-electron chi connectivity index (χ3n) is 3.73. The molecule has 1 saturated heterocycles. The van der Waals surface area contributed by atoms with Crippen molar-refractivity contribution in [3.05, 3.63) is 27.2 Å².